The number of aromatic hydroxyl groups is 1. The van der Waals surface area contributed by atoms with Crippen LogP contribution in [0.5, 0.6) is 11.5 Å². The molecule has 0 radical (unpaired) electrons. The lowest BCUT2D eigenvalue weighted by Gasteiger charge is -2.11. The molecular weight excluding hydrogens is 428 g/mol. The first kappa shape index (κ1) is 20.0. The molecule has 2 N–H and O–H groups in total. The molecule has 0 aromatic heterocycles. The van der Waals surface area contributed by atoms with Crippen molar-refractivity contribution in [2.75, 3.05) is 5.32 Å². The number of benzene rings is 3. The number of phenolic OH excluding ortho intramolecular Hbond substituents is 1. The van der Waals surface area contributed by atoms with E-state index in [-0.39, 0.29) is 15.8 Å². The molecule has 3 nitrogen and oxygen atoms in total. The number of anilines is 1. The molecule has 0 aliphatic heterocycles. The molecule has 0 saturated carbocycles. The number of ether oxygens (including phenoxy) is 1. The summed E-state index contributed by atoms with van der Waals surface area (Å²) in [4.78, 5) is 0. The zero-order valence-corrected chi connectivity index (χ0v) is 17.0. The molecule has 27 heavy (non-hydrogen) atoms. The molecule has 0 saturated heterocycles. The van der Waals surface area contributed by atoms with Crippen LogP contribution in [0.25, 0.3) is 0 Å². The molecule has 3 aromatic rings. The van der Waals surface area contributed by atoms with Crippen molar-refractivity contribution in [3.8, 4) is 11.5 Å². The maximum Gasteiger partial charge on any atom is 0.152 e. The third-order valence-electron chi connectivity index (χ3n) is 3.80. The predicted octanol–water partition coefficient (Wildman–Crippen LogP) is 7.20. The summed E-state index contributed by atoms with van der Waals surface area (Å²) in [7, 11) is 0. The highest BCUT2D eigenvalue weighted by Crippen LogP contribution is 2.34. The van der Waals surface area contributed by atoms with Crippen LogP contribution >= 0.6 is 46.4 Å². The first-order valence-electron chi connectivity index (χ1n) is 8.00. The van der Waals surface area contributed by atoms with E-state index < -0.39 is 0 Å². The monoisotopic (exact) mass is 441 g/mol. The molecule has 7 heteroatoms. The molecule has 0 bridgehead atoms. The van der Waals surface area contributed by atoms with Gasteiger partial charge in [0.2, 0.25) is 0 Å². The van der Waals surface area contributed by atoms with Gasteiger partial charge in [0, 0.05) is 12.2 Å². The van der Waals surface area contributed by atoms with E-state index in [0.717, 1.165) is 16.9 Å². The first-order chi connectivity index (χ1) is 12.9. The summed E-state index contributed by atoms with van der Waals surface area (Å²) >= 11 is 23.8. The number of hydrogen-bond donors (Lipinski definition) is 2. The van der Waals surface area contributed by atoms with Crippen molar-refractivity contribution in [3.05, 3.63) is 85.8 Å². The lowest BCUT2D eigenvalue weighted by molar-refractivity contribution is 0.306. The van der Waals surface area contributed by atoms with Crippen molar-refractivity contribution < 1.29 is 9.84 Å². The Hall–Kier alpha value is -1.78. The molecule has 0 atom stereocenters. The van der Waals surface area contributed by atoms with Gasteiger partial charge in [-0.05, 0) is 47.5 Å². The third kappa shape index (κ3) is 5.36. The van der Waals surface area contributed by atoms with Gasteiger partial charge in [-0.25, -0.2) is 0 Å². The van der Waals surface area contributed by atoms with Crippen LogP contribution in [-0.2, 0) is 13.2 Å². The van der Waals surface area contributed by atoms with Gasteiger partial charge >= 0.3 is 0 Å². The lowest BCUT2D eigenvalue weighted by atomic mass is 10.2. The molecule has 0 fully saturated rings. The van der Waals surface area contributed by atoms with Crippen LogP contribution in [0.3, 0.4) is 0 Å². The highest BCUT2D eigenvalue weighted by molar-refractivity contribution is 6.42. The fourth-order valence-corrected chi connectivity index (χ4v) is 3.22. The molecule has 0 amide bonds. The standard InChI is InChI=1S/C20H15Cl4NO2/c21-16-5-4-13(7-17(16)22)11-27-15-3-1-2-12(6-15)10-25-14-8-18(23)20(26)19(24)9-14/h1-9,25-26H,10-11H2. The zero-order chi connectivity index (χ0) is 19.4. The summed E-state index contributed by atoms with van der Waals surface area (Å²) in [5.74, 6) is 0.615. The number of halogens is 4. The minimum absolute atomic E-state index is 0.124. The molecule has 140 valence electrons. The van der Waals surface area contributed by atoms with Gasteiger partial charge in [-0.1, -0.05) is 64.6 Å². The molecule has 0 heterocycles. The predicted molar refractivity (Wildman–Crippen MR) is 113 cm³/mol. The number of phenols is 1. The molecule has 3 rings (SSSR count). The second-order valence-corrected chi connectivity index (χ2v) is 7.46. The second kappa shape index (κ2) is 8.94. The molecule has 0 unspecified atom stereocenters. The van der Waals surface area contributed by atoms with Gasteiger partial charge in [0.05, 0.1) is 20.1 Å². The van der Waals surface area contributed by atoms with Crippen LogP contribution in [0.1, 0.15) is 11.1 Å². The van der Waals surface area contributed by atoms with E-state index in [0.29, 0.717) is 28.9 Å². The van der Waals surface area contributed by atoms with Gasteiger partial charge in [-0.15, -0.1) is 0 Å². The van der Waals surface area contributed by atoms with Crippen molar-refractivity contribution in [2.45, 2.75) is 13.2 Å². The Labute approximate surface area is 177 Å². The highest BCUT2D eigenvalue weighted by Gasteiger charge is 2.07. The van der Waals surface area contributed by atoms with E-state index in [2.05, 4.69) is 5.32 Å². The second-order valence-electron chi connectivity index (χ2n) is 5.83. The van der Waals surface area contributed by atoms with Crippen LogP contribution < -0.4 is 10.1 Å². The Bertz CT molecular complexity index is 939. The minimum atomic E-state index is -0.124. The molecular formula is C20H15Cl4NO2. The third-order valence-corrected chi connectivity index (χ3v) is 5.12. The van der Waals surface area contributed by atoms with Gasteiger partial charge in [0.25, 0.3) is 0 Å². The van der Waals surface area contributed by atoms with Gasteiger partial charge in [0.15, 0.2) is 5.75 Å². The largest absolute Gasteiger partial charge is 0.505 e. The summed E-state index contributed by atoms with van der Waals surface area (Å²) in [6, 6.07) is 16.4. The fourth-order valence-electron chi connectivity index (χ4n) is 2.41. The summed E-state index contributed by atoms with van der Waals surface area (Å²) in [6.45, 7) is 0.929. The summed E-state index contributed by atoms with van der Waals surface area (Å²) in [6.07, 6.45) is 0. The van der Waals surface area contributed by atoms with E-state index in [1.54, 1.807) is 24.3 Å². The zero-order valence-electron chi connectivity index (χ0n) is 14.0. The molecule has 3 aromatic carbocycles. The normalized spacial score (nSPS) is 10.7. The van der Waals surface area contributed by atoms with Gasteiger partial charge in [-0.2, -0.15) is 0 Å². The van der Waals surface area contributed by atoms with E-state index in [1.807, 2.05) is 30.3 Å². The van der Waals surface area contributed by atoms with Crippen LogP contribution in [0.2, 0.25) is 20.1 Å². The lowest BCUT2D eigenvalue weighted by Crippen LogP contribution is -2.01. The summed E-state index contributed by atoms with van der Waals surface area (Å²) < 4.78 is 5.83. The van der Waals surface area contributed by atoms with Gasteiger partial charge in [0.1, 0.15) is 12.4 Å². The van der Waals surface area contributed by atoms with E-state index >= 15 is 0 Å². The summed E-state index contributed by atoms with van der Waals surface area (Å²) in [5, 5.41) is 14.2. The average molecular weight is 443 g/mol. The minimum Gasteiger partial charge on any atom is -0.505 e. The van der Waals surface area contributed by atoms with Crippen LogP contribution in [0.4, 0.5) is 5.69 Å². The van der Waals surface area contributed by atoms with Gasteiger partial charge in [-0.3, -0.25) is 0 Å². The average Bonchev–Trinajstić information content (AvgIpc) is 2.65. The topological polar surface area (TPSA) is 41.5 Å². The van der Waals surface area contributed by atoms with Crippen LogP contribution in [-0.4, -0.2) is 5.11 Å². The van der Waals surface area contributed by atoms with Crippen molar-refractivity contribution in [1.82, 2.24) is 0 Å². The Morgan fingerprint density at radius 1 is 0.778 bits per heavy atom. The first-order valence-corrected chi connectivity index (χ1v) is 9.51. The SMILES string of the molecule is Oc1c(Cl)cc(NCc2cccc(OCc3ccc(Cl)c(Cl)c3)c2)cc1Cl. The van der Waals surface area contributed by atoms with E-state index in [9.17, 15) is 5.11 Å². The Morgan fingerprint density at radius 3 is 2.22 bits per heavy atom. The van der Waals surface area contributed by atoms with Crippen LogP contribution in [0, 0.1) is 0 Å². The fraction of sp³-hybridized carbons (Fsp3) is 0.100. The Balaban J connectivity index is 1.62. The maximum absolute atomic E-state index is 9.61. The Kier molecular flexibility index (Phi) is 6.61. The van der Waals surface area contributed by atoms with Crippen LogP contribution in [0.15, 0.2) is 54.6 Å². The van der Waals surface area contributed by atoms with Crippen molar-refractivity contribution in [3.63, 3.8) is 0 Å². The van der Waals surface area contributed by atoms with Crippen molar-refractivity contribution >= 4 is 52.1 Å². The van der Waals surface area contributed by atoms with E-state index in [4.69, 9.17) is 51.1 Å². The quantitative estimate of drug-likeness (QED) is 0.396. The molecule has 0 aliphatic carbocycles. The van der Waals surface area contributed by atoms with E-state index in [1.165, 1.54) is 0 Å². The van der Waals surface area contributed by atoms with Gasteiger partial charge < -0.3 is 15.2 Å². The summed E-state index contributed by atoms with van der Waals surface area (Å²) in [5.41, 5.74) is 2.66. The molecule has 0 spiro atoms. The smallest absolute Gasteiger partial charge is 0.152 e. The number of nitrogens with one attached hydrogen (secondary N) is 1. The number of rotatable bonds is 6. The number of hydrogen-bond acceptors (Lipinski definition) is 3. The maximum atomic E-state index is 9.61. The highest BCUT2D eigenvalue weighted by atomic mass is 35.5. The molecule has 0 aliphatic rings. The van der Waals surface area contributed by atoms with Crippen molar-refractivity contribution in [1.29, 1.82) is 0 Å². The van der Waals surface area contributed by atoms with Crippen molar-refractivity contribution in [2.24, 2.45) is 0 Å². The Morgan fingerprint density at radius 2 is 1.52 bits per heavy atom.